The molecular formula is C11H16N2O2. The zero-order valence-corrected chi connectivity index (χ0v) is 8.97. The summed E-state index contributed by atoms with van der Waals surface area (Å²) >= 11 is 0. The maximum Gasteiger partial charge on any atom is 0.308 e. The van der Waals surface area contributed by atoms with Crippen LogP contribution in [0.1, 0.15) is 13.8 Å². The van der Waals surface area contributed by atoms with Crippen LogP contribution in [-0.2, 0) is 4.79 Å². The topological polar surface area (TPSA) is 62.2 Å². The molecule has 1 unspecified atom stereocenters. The van der Waals surface area contributed by atoms with Crippen molar-refractivity contribution in [2.75, 3.05) is 11.9 Å². The monoisotopic (exact) mass is 208 g/mol. The quantitative estimate of drug-likeness (QED) is 0.775. The van der Waals surface area contributed by atoms with E-state index in [-0.39, 0.29) is 11.8 Å². The van der Waals surface area contributed by atoms with Crippen molar-refractivity contribution in [3.63, 3.8) is 0 Å². The average molecular weight is 208 g/mol. The molecule has 0 radical (unpaired) electrons. The molecule has 1 atom stereocenters. The van der Waals surface area contributed by atoms with E-state index < -0.39 is 5.97 Å². The summed E-state index contributed by atoms with van der Waals surface area (Å²) in [4.78, 5) is 15.0. The molecule has 2 N–H and O–H groups in total. The van der Waals surface area contributed by atoms with E-state index in [2.05, 4.69) is 10.3 Å². The van der Waals surface area contributed by atoms with E-state index in [9.17, 15) is 4.79 Å². The number of anilines is 1. The molecule has 1 aromatic heterocycles. The van der Waals surface area contributed by atoms with Gasteiger partial charge in [0.25, 0.3) is 0 Å². The Hall–Kier alpha value is -1.58. The molecule has 0 saturated heterocycles. The first-order valence-electron chi connectivity index (χ1n) is 4.99. The third-order valence-electron chi connectivity index (χ3n) is 2.29. The van der Waals surface area contributed by atoms with Crippen molar-refractivity contribution in [1.82, 2.24) is 4.98 Å². The van der Waals surface area contributed by atoms with Gasteiger partial charge in [0.05, 0.1) is 5.92 Å². The molecule has 0 fully saturated rings. The molecule has 0 saturated carbocycles. The number of rotatable bonds is 5. The molecule has 82 valence electrons. The second kappa shape index (κ2) is 5.34. The van der Waals surface area contributed by atoms with Crippen LogP contribution in [0.3, 0.4) is 0 Å². The molecule has 0 aliphatic carbocycles. The van der Waals surface area contributed by atoms with Crippen LogP contribution in [-0.4, -0.2) is 22.6 Å². The fourth-order valence-corrected chi connectivity index (χ4v) is 1.29. The molecule has 0 spiro atoms. The Balaban J connectivity index is 2.51. The first kappa shape index (κ1) is 11.5. The largest absolute Gasteiger partial charge is 0.481 e. The molecule has 0 bridgehead atoms. The first-order chi connectivity index (χ1) is 7.11. The minimum absolute atomic E-state index is 0.110. The van der Waals surface area contributed by atoms with Gasteiger partial charge < -0.3 is 10.4 Å². The molecule has 1 heterocycles. The normalized spacial score (nSPS) is 12.5. The number of carboxylic acids is 1. The van der Waals surface area contributed by atoms with Gasteiger partial charge in [-0.15, -0.1) is 0 Å². The fraction of sp³-hybridized carbons (Fsp3) is 0.455. The summed E-state index contributed by atoms with van der Waals surface area (Å²) < 4.78 is 0. The molecule has 1 rings (SSSR count). The van der Waals surface area contributed by atoms with Gasteiger partial charge >= 0.3 is 5.97 Å². The zero-order chi connectivity index (χ0) is 11.3. The van der Waals surface area contributed by atoms with Crippen molar-refractivity contribution in [3.8, 4) is 0 Å². The molecule has 4 heteroatoms. The summed E-state index contributed by atoms with van der Waals surface area (Å²) in [5.41, 5.74) is 0. The van der Waals surface area contributed by atoms with Crippen LogP contribution in [0.2, 0.25) is 0 Å². The number of nitrogens with one attached hydrogen (secondary N) is 1. The molecule has 15 heavy (non-hydrogen) atoms. The van der Waals surface area contributed by atoms with Gasteiger partial charge in [0.15, 0.2) is 0 Å². The number of pyridine rings is 1. The van der Waals surface area contributed by atoms with Gasteiger partial charge in [-0.3, -0.25) is 4.79 Å². The van der Waals surface area contributed by atoms with E-state index in [0.29, 0.717) is 12.4 Å². The van der Waals surface area contributed by atoms with E-state index in [0.717, 1.165) is 0 Å². The number of carboxylic acid groups (broad SMARTS) is 1. The van der Waals surface area contributed by atoms with Gasteiger partial charge in [0.2, 0.25) is 0 Å². The first-order valence-corrected chi connectivity index (χ1v) is 4.99. The van der Waals surface area contributed by atoms with Gasteiger partial charge in [0.1, 0.15) is 5.82 Å². The number of hydrogen-bond donors (Lipinski definition) is 2. The van der Waals surface area contributed by atoms with Crippen LogP contribution >= 0.6 is 0 Å². The molecular weight excluding hydrogens is 192 g/mol. The van der Waals surface area contributed by atoms with E-state index in [1.165, 1.54) is 0 Å². The molecule has 0 aromatic carbocycles. The minimum Gasteiger partial charge on any atom is -0.481 e. The summed E-state index contributed by atoms with van der Waals surface area (Å²) in [5.74, 6) is -0.330. The Labute approximate surface area is 89.3 Å². The van der Waals surface area contributed by atoms with Crippen LogP contribution in [0, 0.1) is 11.8 Å². The number of aromatic nitrogens is 1. The number of aliphatic carboxylic acids is 1. The number of nitrogens with zero attached hydrogens (tertiary/aromatic N) is 1. The highest BCUT2D eigenvalue weighted by Crippen LogP contribution is 2.12. The Morgan fingerprint density at radius 1 is 1.53 bits per heavy atom. The number of carbonyl (C=O) groups is 1. The third-order valence-corrected chi connectivity index (χ3v) is 2.29. The van der Waals surface area contributed by atoms with Crippen LogP contribution in [0.25, 0.3) is 0 Å². The van der Waals surface area contributed by atoms with E-state index >= 15 is 0 Å². The van der Waals surface area contributed by atoms with Crippen LogP contribution in [0.15, 0.2) is 24.4 Å². The fourth-order valence-electron chi connectivity index (χ4n) is 1.29. The van der Waals surface area contributed by atoms with Crippen molar-refractivity contribution in [3.05, 3.63) is 24.4 Å². The lowest BCUT2D eigenvalue weighted by atomic mass is 9.96. The summed E-state index contributed by atoms with van der Waals surface area (Å²) in [7, 11) is 0. The predicted molar refractivity (Wildman–Crippen MR) is 58.7 cm³/mol. The van der Waals surface area contributed by atoms with Gasteiger partial charge in [-0.05, 0) is 18.1 Å². The Kier molecular flexibility index (Phi) is 4.09. The molecule has 0 aliphatic heterocycles. The lowest BCUT2D eigenvalue weighted by Crippen LogP contribution is -2.27. The Morgan fingerprint density at radius 2 is 2.27 bits per heavy atom. The van der Waals surface area contributed by atoms with Crippen LogP contribution in [0.4, 0.5) is 5.82 Å². The SMILES string of the molecule is CC(C)C(CNc1ccccn1)C(=O)O. The molecule has 4 nitrogen and oxygen atoms in total. The maximum absolute atomic E-state index is 10.9. The van der Waals surface area contributed by atoms with Gasteiger partial charge in [-0.1, -0.05) is 19.9 Å². The van der Waals surface area contributed by atoms with Crippen LogP contribution in [0.5, 0.6) is 0 Å². The standard InChI is InChI=1S/C11H16N2O2/c1-8(2)9(11(14)15)7-13-10-5-3-4-6-12-10/h3-6,8-9H,7H2,1-2H3,(H,12,13)(H,14,15). The van der Waals surface area contributed by atoms with Crippen molar-refractivity contribution < 1.29 is 9.90 Å². The van der Waals surface area contributed by atoms with Crippen molar-refractivity contribution >= 4 is 11.8 Å². The lowest BCUT2D eigenvalue weighted by molar-refractivity contribution is -0.142. The minimum atomic E-state index is -0.770. The summed E-state index contributed by atoms with van der Waals surface area (Å²) in [5, 5.41) is 12.0. The zero-order valence-electron chi connectivity index (χ0n) is 8.97. The van der Waals surface area contributed by atoms with Crippen molar-refractivity contribution in [1.29, 1.82) is 0 Å². The van der Waals surface area contributed by atoms with E-state index in [4.69, 9.17) is 5.11 Å². The van der Waals surface area contributed by atoms with Gasteiger partial charge in [-0.2, -0.15) is 0 Å². The average Bonchev–Trinajstić information content (AvgIpc) is 2.18. The Bertz CT molecular complexity index is 312. The predicted octanol–water partition coefficient (Wildman–Crippen LogP) is 1.85. The molecule has 1 aromatic rings. The third kappa shape index (κ3) is 3.58. The highest BCUT2D eigenvalue weighted by atomic mass is 16.4. The molecule has 0 amide bonds. The Morgan fingerprint density at radius 3 is 2.73 bits per heavy atom. The van der Waals surface area contributed by atoms with Crippen LogP contribution < -0.4 is 5.32 Å². The summed E-state index contributed by atoms with van der Waals surface area (Å²) in [6.07, 6.45) is 1.67. The second-order valence-electron chi connectivity index (χ2n) is 3.78. The second-order valence-corrected chi connectivity index (χ2v) is 3.78. The van der Waals surface area contributed by atoms with Crippen molar-refractivity contribution in [2.45, 2.75) is 13.8 Å². The van der Waals surface area contributed by atoms with Crippen molar-refractivity contribution in [2.24, 2.45) is 11.8 Å². The van der Waals surface area contributed by atoms with Gasteiger partial charge in [0, 0.05) is 12.7 Å². The summed E-state index contributed by atoms with van der Waals surface area (Å²) in [6.45, 7) is 4.21. The van der Waals surface area contributed by atoms with Gasteiger partial charge in [-0.25, -0.2) is 4.98 Å². The highest BCUT2D eigenvalue weighted by molar-refractivity contribution is 5.71. The lowest BCUT2D eigenvalue weighted by Gasteiger charge is -2.16. The highest BCUT2D eigenvalue weighted by Gasteiger charge is 2.20. The number of hydrogen-bond acceptors (Lipinski definition) is 3. The van der Waals surface area contributed by atoms with E-state index in [1.807, 2.05) is 32.0 Å². The maximum atomic E-state index is 10.9. The van der Waals surface area contributed by atoms with E-state index in [1.54, 1.807) is 6.20 Å². The molecule has 0 aliphatic rings. The smallest absolute Gasteiger partial charge is 0.308 e. The summed E-state index contributed by atoms with van der Waals surface area (Å²) in [6, 6.07) is 5.50.